The van der Waals surface area contributed by atoms with E-state index in [1.165, 1.54) is 57.8 Å². The molecule has 0 aromatic heterocycles. The van der Waals surface area contributed by atoms with E-state index in [0.717, 1.165) is 17.8 Å². The SMILES string of the molecule is OC1(CC2CC3CCC2C3)C2CCCCC21. The molecular formula is C15H24O. The van der Waals surface area contributed by atoms with Crippen LogP contribution in [0.15, 0.2) is 0 Å². The van der Waals surface area contributed by atoms with Crippen LogP contribution in [0.2, 0.25) is 0 Å². The summed E-state index contributed by atoms with van der Waals surface area (Å²) < 4.78 is 0. The van der Waals surface area contributed by atoms with Gasteiger partial charge >= 0.3 is 0 Å². The summed E-state index contributed by atoms with van der Waals surface area (Å²) in [4.78, 5) is 0. The van der Waals surface area contributed by atoms with Gasteiger partial charge in [-0.25, -0.2) is 0 Å². The third-order valence-electron chi connectivity index (χ3n) is 6.41. The summed E-state index contributed by atoms with van der Waals surface area (Å²) >= 11 is 0. The molecule has 1 N–H and O–H groups in total. The molecule has 90 valence electrons. The van der Waals surface area contributed by atoms with Crippen LogP contribution in [-0.2, 0) is 0 Å². The number of hydrogen-bond donors (Lipinski definition) is 1. The van der Waals surface area contributed by atoms with E-state index in [-0.39, 0.29) is 5.60 Å². The Balaban J connectivity index is 1.44. The largest absolute Gasteiger partial charge is 0.389 e. The average Bonchev–Trinajstić information content (AvgIpc) is 2.71. The van der Waals surface area contributed by atoms with Crippen molar-refractivity contribution in [3.8, 4) is 0 Å². The molecule has 5 atom stereocenters. The Morgan fingerprint density at radius 2 is 1.69 bits per heavy atom. The van der Waals surface area contributed by atoms with Crippen LogP contribution >= 0.6 is 0 Å². The van der Waals surface area contributed by atoms with Gasteiger partial charge in [0.05, 0.1) is 5.60 Å². The van der Waals surface area contributed by atoms with Crippen molar-refractivity contribution >= 4 is 0 Å². The topological polar surface area (TPSA) is 20.2 Å². The van der Waals surface area contributed by atoms with Gasteiger partial charge < -0.3 is 5.11 Å². The van der Waals surface area contributed by atoms with E-state index in [9.17, 15) is 5.11 Å². The van der Waals surface area contributed by atoms with Crippen molar-refractivity contribution in [3.63, 3.8) is 0 Å². The monoisotopic (exact) mass is 220 g/mol. The van der Waals surface area contributed by atoms with Gasteiger partial charge in [-0.15, -0.1) is 0 Å². The Morgan fingerprint density at radius 3 is 2.25 bits per heavy atom. The summed E-state index contributed by atoms with van der Waals surface area (Å²) in [5.41, 5.74) is -0.189. The van der Waals surface area contributed by atoms with E-state index in [0.29, 0.717) is 11.8 Å². The van der Waals surface area contributed by atoms with Gasteiger partial charge in [-0.1, -0.05) is 19.3 Å². The van der Waals surface area contributed by atoms with E-state index in [4.69, 9.17) is 0 Å². The molecule has 1 heteroatoms. The second-order valence-electron chi connectivity index (χ2n) is 7.13. The van der Waals surface area contributed by atoms with Crippen LogP contribution in [0, 0.1) is 29.6 Å². The second kappa shape index (κ2) is 3.25. The predicted octanol–water partition coefficient (Wildman–Crippen LogP) is 3.36. The normalized spacial score (nSPS) is 58.7. The Hall–Kier alpha value is -0.0400. The van der Waals surface area contributed by atoms with Crippen molar-refractivity contribution in [3.05, 3.63) is 0 Å². The molecule has 0 radical (unpaired) electrons. The lowest BCUT2D eigenvalue weighted by Crippen LogP contribution is -2.22. The average molecular weight is 220 g/mol. The van der Waals surface area contributed by atoms with Crippen molar-refractivity contribution in [2.45, 2.75) is 63.4 Å². The lowest BCUT2D eigenvalue weighted by Gasteiger charge is -2.25. The highest BCUT2D eigenvalue weighted by Crippen LogP contribution is 2.63. The molecule has 0 saturated heterocycles. The molecule has 5 unspecified atom stereocenters. The molecule has 0 aliphatic heterocycles. The van der Waals surface area contributed by atoms with Crippen molar-refractivity contribution < 1.29 is 5.11 Å². The summed E-state index contributed by atoms with van der Waals surface area (Å²) in [6.07, 6.45) is 12.5. The Bertz CT molecular complexity index is 286. The molecular weight excluding hydrogens is 196 g/mol. The van der Waals surface area contributed by atoms with E-state index >= 15 is 0 Å². The van der Waals surface area contributed by atoms with Crippen molar-refractivity contribution in [2.24, 2.45) is 29.6 Å². The van der Waals surface area contributed by atoms with Crippen molar-refractivity contribution in [1.82, 2.24) is 0 Å². The van der Waals surface area contributed by atoms with Crippen LogP contribution in [0.4, 0.5) is 0 Å². The predicted molar refractivity (Wildman–Crippen MR) is 64.0 cm³/mol. The van der Waals surface area contributed by atoms with Crippen LogP contribution in [0.25, 0.3) is 0 Å². The van der Waals surface area contributed by atoms with Crippen LogP contribution in [0.5, 0.6) is 0 Å². The number of rotatable bonds is 2. The molecule has 4 fully saturated rings. The lowest BCUT2D eigenvalue weighted by molar-refractivity contribution is 0.0754. The summed E-state index contributed by atoms with van der Waals surface area (Å²) in [5, 5.41) is 10.8. The van der Waals surface area contributed by atoms with Crippen LogP contribution in [-0.4, -0.2) is 10.7 Å². The van der Waals surface area contributed by atoms with Gasteiger partial charge in [0.1, 0.15) is 0 Å². The Kier molecular flexibility index (Phi) is 2.02. The Morgan fingerprint density at radius 1 is 0.938 bits per heavy atom. The molecule has 0 spiro atoms. The molecule has 0 amide bonds. The van der Waals surface area contributed by atoms with E-state index in [2.05, 4.69) is 0 Å². The summed E-state index contributed by atoms with van der Waals surface area (Å²) in [7, 11) is 0. The lowest BCUT2D eigenvalue weighted by atomic mass is 9.83. The molecule has 0 aromatic rings. The minimum Gasteiger partial charge on any atom is -0.389 e. The molecule has 0 aromatic carbocycles. The van der Waals surface area contributed by atoms with Crippen LogP contribution < -0.4 is 0 Å². The van der Waals surface area contributed by atoms with Crippen LogP contribution in [0.1, 0.15) is 57.8 Å². The van der Waals surface area contributed by atoms with Crippen LogP contribution in [0.3, 0.4) is 0 Å². The maximum Gasteiger partial charge on any atom is 0.0714 e. The summed E-state index contributed by atoms with van der Waals surface area (Å²) in [5.74, 6) is 4.35. The van der Waals surface area contributed by atoms with Gasteiger partial charge in [-0.2, -0.15) is 0 Å². The number of fused-ring (bicyclic) bond motifs is 3. The smallest absolute Gasteiger partial charge is 0.0714 e. The summed E-state index contributed by atoms with van der Waals surface area (Å²) in [6, 6.07) is 0. The maximum absolute atomic E-state index is 10.8. The zero-order valence-corrected chi connectivity index (χ0v) is 10.2. The minimum absolute atomic E-state index is 0.189. The third kappa shape index (κ3) is 1.27. The van der Waals surface area contributed by atoms with Gasteiger partial charge in [0.2, 0.25) is 0 Å². The highest BCUT2D eigenvalue weighted by atomic mass is 16.3. The third-order valence-corrected chi connectivity index (χ3v) is 6.41. The fourth-order valence-corrected chi connectivity index (χ4v) is 5.57. The first-order valence-electron chi connectivity index (χ1n) is 7.50. The van der Waals surface area contributed by atoms with Gasteiger partial charge in [-0.05, 0) is 68.1 Å². The standard InChI is InChI=1S/C15H24O/c16-15(13-3-1-2-4-14(13)15)9-12-8-10-5-6-11(12)7-10/h10-14,16H,1-9H2. The highest BCUT2D eigenvalue weighted by Gasteiger charge is 2.64. The Labute approximate surface area is 98.6 Å². The molecule has 16 heavy (non-hydrogen) atoms. The molecule has 4 aliphatic rings. The van der Waals surface area contributed by atoms with E-state index < -0.39 is 0 Å². The van der Waals surface area contributed by atoms with Gasteiger partial charge in [0, 0.05) is 0 Å². The zero-order chi connectivity index (χ0) is 10.8. The van der Waals surface area contributed by atoms with Crippen molar-refractivity contribution in [1.29, 1.82) is 0 Å². The highest BCUT2D eigenvalue weighted by molar-refractivity contribution is 5.14. The fraction of sp³-hybridized carbons (Fsp3) is 1.00. The molecule has 4 aliphatic carbocycles. The maximum atomic E-state index is 10.8. The zero-order valence-electron chi connectivity index (χ0n) is 10.2. The molecule has 0 heterocycles. The minimum atomic E-state index is -0.189. The first-order valence-corrected chi connectivity index (χ1v) is 7.50. The van der Waals surface area contributed by atoms with E-state index in [1.54, 1.807) is 0 Å². The van der Waals surface area contributed by atoms with Crippen molar-refractivity contribution in [2.75, 3.05) is 0 Å². The summed E-state index contributed by atoms with van der Waals surface area (Å²) in [6.45, 7) is 0. The van der Waals surface area contributed by atoms with Gasteiger partial charge in [0.25, 0.3) is 0 Å². The number of hydrogen-bond acceptors (Lipinski definition) is 1. The van der Waals surface area contributed by atoms with E-state index in [1.807, 2.05) is 0 Å². The first kappa shape index (κ1) is 9.94. The second-order valence-corrected chi connectivity index (χ2v) is 7.13. The fourth-order valence-electron chi connectivity index (χ4n) is 5.57. The number of aliphatic hydroxyl groups is 1. The first-order chi connectivity index (χ1) is 7.77. The van der Waals surface area contributed by atoms with Gasteiger partial charge in [-0.3, -0.25) is 0 Å². The quantitative estimate of drug-likeness (QED) is 0.756. The molecule has 4 rings (SSSR count). The molecule has 1 nitrogen and oxygen atoms in total. The molecule has 4 saturated carbocycles. The van der Waals surface area contributed by atoms with Gasteiger partial charge in [0.15, 0.2) is 0 Å². The molecule has 2 bridgehead atoms.